The first-order valence-corrected chi connectivity index (χ1v) is 8.56. The molecule has 0 spiro atoms. The molecule has 1 aliphatic rings. The molecule has 0 saturated heterocycles. The Kier molecular flexibility index (Phi) is 5.45. The standard InChI is InChI=1S/C13H27NO2S/c1-4-9-14-11-13(6-5-7-13)8-10-17(15,16)12(2)3/h12,14H,4-11H2,1-3H3. The normalized spacial score (nSPS) is 19.3. The summed E-state index contributed by atoms with van der Waals surface area (Å²) in [5.41, 5.74) is 0.275. The van der Waals surface area contributed by atoms with E-state index in [1.54, 1.807) is 13.8 Å². The fourth-order valence-corrected chi connectivity index (χ4v) is 3.51. The topological polar surface area (TPSA) is 46.2 Å². The summed E-state index contributed by atoms with van der Waals surface area (Å²) in [6.07, 6.45) is 5.62. The van der Waals surface area contributed by atoms with Crippen LogP contribution in [0, 0.1) is 5.41 Å². The van der Waals surface area contributed by atoms with Crippen molar-refractivity contribution >= 4 is 9.84 Å². The van der Waals surface area contributed by atoms with Crippen molar-refractivity contribution in [2.75, 3.05) is 18.8 Å². The van der Waals surface area contributed by atoms with Crippen LogP contribution in [-0.2, 0) is 9.84 Å². The molecule has 0 heterocycles. The van der Waals surface area contributed by atoms with Gasteiger partial charge in [0.1, 0.15) is 0 Å². The van der Waals surface area contributed by atoms with Gasteiger partial charge in [-0.1, -0.05) is 13.3 Å². The molecule has 3 nitrogen and oxygen atoms in total. The Bertz CT molecular complexity index is 318. The maximum Gasteiger partial charge on any atom is 0.152 e. The molecule has 0 atom stereocenters. The van der Waals surface area contributed by atoms with E-state index < -0.39 is 9.84 Å². The molecule has 4 heteroatoms. The third kappa shape index (κ3) is 4.25. The van der Waals surface area contributed by atoms with Gasteiger partial charge in [-0.3, -0.25) is 0 Å². The lowest BCUT2D eigenvalue weighted by Gasteiger charge is -2.42. The maximum atomic E-state index is 11.8. The van der Waals surface area contributed by atoms with Gasteiger partial charge >= 0.3 is 0 Å². The summed E-state index contributed by atoms with van der Waals surface area (Å²) < 4.78 is 23.7. The zero-order chi connectivity index (χ0) is 12.9. The van der Waals surface area contributed by atoms with Gasteiger partial charge < -0.3 is 5.32 Å². The molecule has 0 aromatic heterocycles. The first kappa shape index (κ1) is 15.0. The van der Waals surface area contributed by atoms with E-state index in [2.05, 4.69) is 12.2 Å². The SMILES string of the molecule is CCCNCC1(CCS(=O)(=O)C(C)C)CCC1. The van der Waals surface area contributed by atoms with E-state index in [1.165, 1.54) is 19.3 Å². The molecular weight excluding hydrogens is 234 g/mol. The van der Waals surface area contributed by atoms with Crippen LogP contribution in [-0.4, -0.2) is 32.5 Å². The molecule has 0 unspecified atom stereocenters. The fraction of sp³-hybridized carbons (Fsp3) is 1.00. The van der Waals surface area contributed by atoms with Gasteiger partial charge in [0.05, 0.1) is 11.0 Å². The van der Waals surface area contributed by atoms with E-state index in [9.17, 15) is 8.42 Å². The monoisotopic (exact) mass is 261 g/mol. The number of hydrogen-bond acceptors (Lipinski definition) is 3. The predicted octanol–water partition coefficient (Wildman–Crippen LogP) is 2.37. The third-order valence-corrected chi connectivity index (χ3v) is 6.19. The van der Waals surface area contributed by atoms with E-state index in [0.717, 1.165) is 25.9 Å². The molecule has 102 valence electrons. The van der Waals surface area contributed by atoms with Crippen molar-refractivity contribution in [3.63, 3.8) is 0 Å². The van der Waals surface area contributed by atoms with E-state index in [0.29, 0.717) is 5.75 Å². The van der Waals surface area contributed by atoms with Crippen LogP contribution in [0.4, 0.5) is 0 Å². The Morgan fingerprint density at radius 2 is 1.94 bits per heavy atom. The predicted molar refractivity (Wildman–Crippen MR) is 73.0 cm³/mol. The first-order chi connectivity index (χ1) is 7.92. The van der Waals surface area contributed by atoms with Crippen molar-refractivity contribution in [2.24, 2.45) is 5.41 Å². The molecule has 1 rings (SSSR count). The Morgan fingerprint density at radius 3 is 2.35 bits per heavy atom. The van der Waals surface area contributed by atoms with Crippen molar-refractivity contribution in [1.29, 1.82) is 0 Å². The summed E-state index contributed by atoms with van der Waals surface area (Å²) in [5.74, 6) is 0.360. The van der Waals surface area contributed by atoms with Crippen LogP contribution < -0.4 is 5.32 Å². The lowest BCUT2D eigenvalue weighted by molar-refractivity contribution is 0.125. The van der Waals surface area contributed by atoms with Crippen LogP contribution in [0.15, 0.2) is 0 Å². The second kappa shape index (κ2) is 6.19. The Labute approximate surface area is 106 Å². The quantitative estimate of drug-likeness (QED) is 0.682. The highest BCUT2D eigenvalue weighted by Gasteiger charge is 2.37. The minimum atomic E-state index is -2.87. The van der Waals surface area contributed by atoms with Crippen molar-refractivity contribution in [2.45, 2.75) is 58.1 Å². The summed E-state index contributed by atoms with van der Waals surface area (Å²) in [6, 6.07) is 0. The van der Waals surface area contributed by atoms with E-state index >= 15 is 0 Å². The van der Waals surface area contributed by atoms with Crippen LogP contribution in [0.25, 0.3) is 0 Å². The summed E-state index contributed by atoms with van der Waals surface area (Å²) in [4.78, 5) is 0. The van der Waals surface area contributed by atoms with Crippen LogP contribution in [0.2, 0.25) is 0 Å². The first-order valence-electron chi connectivity index (χ1n) is 6.84. The molecule has 1 fully saturated rings. The van der Waals surface area contributed by atoms with Gasteiger partial charge in [0.15, 0.2) is 9.84 Å². The lowest BCUT2D eigenvalue weighted by Crippen LogP contribution is -2.41. The second-order valence-electron chi connectivity index (χ2n) is 5.70. The summed E-state index contributed by atoms with van der Waals surface area (Å²) >= 11 is 0. The highest BCUT2D eigenvalue weighted by atomic mass is 32.2. The summed E-state index contributed by atoms with van der Waals surface area (Å²) in [7, 11) is -2.87. The number of nitrogens with one attached hydrogen (secondary N) is 1. The Hall–Kier alpha value is -0.0900. The van der Waals surface area contributed by atoms with Crippen molar-refractivity contribution in [3.8, 4) is 0 Å². The van der Waals surface area contributed by atoms with E-state index in [1.807, 2.05) is 0 Å². The maximum absolute atomic E-state index is 11.8. The average Bonchev–Trinajstić information content (AvgIpc) is 2.20. The fourth-order valence-electron chi connectivity index (χ4n) is 2.32. The largest absolute Gasteiger partial charge is 0.316 e. The molecule has 1 N–H and O–H groups in total. The minimum Gasteiger partial charge on any atom is -0.316 e. The van der Waals surface area contributed by atoms with Gasteiger partial charge in [0.2, 0.25) is 0 Å². The highest BCUT2D eigenvalue weighted by Crippen LogP contribution is 2.43. The summed E-state index contributed by atoms with van der Waals surface area (Å²) in [6.45, 7) is 7.74. The molecule has 1 aliphatic carbocycles. The third-order valence-electron chi connectivity index (χ3n) is 3.98. The van der Waals surface area contributed by atoms with Crippen LogP contribution in [0.5, 0.6) is 0 Å². The van der Waals surface area contributed by atoms with Crippen LogP contribution in [0.1, 0.15) is 52.9 Å². The molecule has 1 saturated carbocycles. The smallest absolute Gasteiger partial charge is 0.152 e. The zero-order valence-corrected chi connectivity index (χ0v) is 12.3. The molecule has 17 heavy (non-hydrogen) atoms. The van der Waals surface area contributed by atoms with Gasteiger partial charge in [0.25, 0.3) is 0 Å². The molecular formula is C13H27NO2S. The number of sulfone groups is 1. The molecule has 0 amide bonds. The van der Waals surface area contributed by atoms with Crippen molar-refractivity contribution in [1.82, 2.24) is 5.32 Å². The highest BCUT2D eigenvalue weighted by molar-refractivity contribution is 7.91. The van der Waals surface area contributed by atoms with Gasteiger partial charge in [-0.05, 0) is 51.5 Å². The lowest BCUT2D eigenvalue weighted by atomic mass is 9.67. The van der Waals surface area contributed by atoms with Gasteiger partial charge in [-0.2, -0.15) is 0 Å². The summed E-state index contributed by atoms with van der Waals surface area (Å²) in [5, 5.41) is 3.22. The van der Waals surface area contributed by atoms with Crippen molar-refractivity contribution < 1.29 is 8.42 Å². The Morgan fingerprint density at radius 1 is 1.29 bits per heavy atom. The number of rotatable bonds is 8. The van der Waals surface area contributed by atoms with E-state index in [4.69, 9.17) is 0 Å². The van der Waals surface area contributed by atoms with E-state index in [-0.39, 0.29) is 10.7 Å². The molecule has 0 aliphatic heterocycles. The average molecular weight is 261 g/mol. The van der Waals surface area contributed by atoms with Gasteiger partial charge in [-0.25, -0.2) is 8.42 Å². The zero-order valence-electron chi connectivity index (χ0n) is 11.5. The van der Waals surface area contributed by atoms with Gasteiger partial charge in [-0.15, -0.1) is 0 Å². The van der Waals surface area contributed by atoms with Crippen LogP contribution in [0.3, 0.4) is 0 Å². The molecule has 0 aromatic rings. The van der Waals surface area contributed by atoms with Crippen LogP contribution >= 0.6 is 0 Å². The Balaban J connectivity index is 2.42. The molecule has 0 bridgehead atoms. The minimum absolute atomic E-state index is 0.233. The molecule has 0 aromatic carbocycles. The number of hydrogen-bond donors (Lipinski definition) is 1. The van der Waals surface area contributed by atoms with Gasteiger partial charge in [0, 0.05) is 6.54 Å². The molecule has 0 radical (unpaired) electrons. The van der Waals surface area contributed by atoms with Crippen molar-refractivity contribution in [3.05, 3.63) is 0 Å². The second-order valence-corrected chi connectivity index (χ2v) is 8.37.